The van der Waals surface area contributed by atoms with Crippen LogP contribution in [0, 0.1) is 23.2 Å². The fourth-order valence-electron chi connectivity index (χ4n) is 6.44. The summed E-state index contributed by atoms with van der Waals surface area (Å²) in [6, 6.07) is 7.33. The average Bonchev–Trinajstić information content (AvgIpc) is 3.03. The zero-order valence-electron chi connectivity index (χ0n) is 15.5. The highest BCUT2D eigenvalue weighted by atomic mass is 16.2. The van der Waals surface area contributed by atoms with E-state index in [-0.39, 0.29) is 11.3 Å². The van der Waals surface area contributed by atoms with Gasteiger partial charge in [0.1, 0.15) is 6.04 Å². The van der Waals surface area contributed by atoms with Crippen LogP contribution in [0.25, 0.3) is 10.9 Å². The van der Waals surface area contributed by atoms with Gasteiger partial charge in [-0.3, -0.25) is 9.59 Å². The standard InChI is InChI=1S/C22H27N3O2/c23-20(26)19(8-16-12-24-18-4-2-1-3-17(16)18)25-21(27)22-9-13-5-14(10-22)7-15(6-13)11-22/h1-4,12-15,19,24H,5-11H2,(H2,23,26)(H,25,27)/t13?,14?,15?,19-,22?/m0/s1. The maximum atomic E-state index is 13.3. The molecule has 0 unspecified atom stereocenters. The number of fused-ring (bicyclic) bond motifs is 1. The molecule has 5 heteroatoms. The molecule has 1 aromatic heterocycles. The minimum absolute atomic E-state index is 0.0604. The van der Waals surface area contributed by atoms with Crippen LogP contribution in [0.2, 0.25) is 0 Å². The van der Waals surface area contributed by atoms with Gasteiger partial charge in [-0.25, -0.2) is 0 Å². The Hall–Kier alpha value is -2.30. The van der Waals surface area contributed by atoms with Gasteiger partial charge in [0.15, 0.2) is 0 Å². The van der Waals surface area contributed by atoms with Gasteiger partial charge in [-0.15, -0.1) is 0 Å². The lowest BCUT2D eigenvalue weighted by Crippen LogP contribution is -2.57. The van der Waals surface area contributed by atoms with Gasteiger partial charge in [-0.05, 0) is 67.9 Å². The average molecular weight is 365 g/mol. The van der Waals surface area contributed by atoms with Crippen molar-refractivity contribution < 1.29 is 9.59 Å². The predicted molar refractivity (Wildman–Crippen MR) is 104 cm³/mol. The topological polar surface area (TPSA) is 88.0 Å². The monoisotopic (exact) mass is 365 g/mol. The van der Waals surface area contributed by atoms with Gasteiger partial charge in [0.05, 0.1) is 0 Å². The predicted octanol–water partition coefficient (Wildman–Crippen LogP) is 2.90. The molecule has 27 heavy (non-hydrogen) atoms. The number of amides is 2. The first-order chi connectivity index (χ1) is 13.0. The second-order valence-electron chi connectivity index (χ2n) is 9.19. The third-order valence-electron chi connectivity index (χ3n) is 7.27. The number of hydrogen-bond acceptors (Lipinski definition) is 2. The highest BCUT2D eigenvalue weighted by Gasteiger charge is 2.54. The molecule has 4 bridgehead atoms. The number of carbonyl (C=O) groups is 2. The van der Waals surface area contributed by atoms with E-state index in [9.17, 15) is 9.59 Å². The number of rotatable bonds is 5. The third kappa shape index (κ3) is 2.84. The first kappa shape index (κ1) is 16.8. The second kappa shape index (κ2) is 6.11. The number of H-pyrrole nitrogens is 1. The van der Waals surface area contributed by atoms with Crippen molar-refractivity contribution in [3.63, 3.8) is 0 Å². The fourth-order valence-corrected chi connectivity index (χ4v) is 6.44. The summed E-state index contributed by atoms with van der Waals surface area (Å²) in [6.07, 6.45) is 9.19. The van der Waals surface area contributed by atoms with Crippen molar-refractivity contribution >= 4 is 22.7 Å². The van der Waals surface area contributed by atoms with E-state index in [4.69, 9.17) is 5.73 Å². The molecule has 0 spiro atoms. The molecular weight excluding hydrogens is 338 g/mol. The summed E-state index contributed by atoms with van der Waals surface area (Å²) in [5, 5.41) is 4.13. The molecule has 1 heterocycles. The molecule has 6 rings (SSSR count). The molecule has 142 valence electrons. The van der Waals surface area contributed by atoms with Crippen LogP contribution < -0.4 is 11.1 Å². The van der Waals surface area contributed by atoms with Gasteiger partial charge < -0.3 is 16.0 Å². The Morgan fingerprint density at radius 3 is 2.37 bits per heavy atom. The van der Waals surface area contributed by atoms with Crippen LogP contribution in [0.15, 0.2) is 30.5 Å². The Balaban J connectivity index is 1.36. The molecule has 4 N–H and O–H groups in total. The number of aromatic nitrogens is 1. The number of nitrogens with two attached hydrogens (primary N) is 1. The van der Waals surface area contributed by atoms with Crippen molar-refractivity contribution in [3.8, 4) is 0 Å². The summed E-state index contributed by atoms with van der Waals surface area (Å²) >= 11 is 0. The van der Waals surface area contributed by atoms with E-state index in [1.807, 2.05) is 30.5 Å². The van der Waals surface area contributed by atoms with Crippen LogP contribution in [-0.4, -0.2) is 22.8 Å². The van der Waals surface area contributed by atoms with Gasteiger partial charge >= 0.3 is 0 Å². The number of aromatic amines is 1. The second-order valence-corrected chi connectivity index (χ2v) is 9.19. The van der Waals surface area contributed by atoms with Crippen molar-refractivity contribution in [2.24, 2.45) is 28.9 Å². The van der Waals surface area contributed by atoms with Crippen LogP contribution in [-0.2, 0) is 16.0 Å². The highest BCUT2D eigenvalue weighted by Crippen LogP contribution is 2.60. The molecule has 5 nitrogen and oxygen atoms in total. The summed E-state index contributed by atoms with van der Waals surface area (Å²) in [5.74, 6) is 1.69. The van der Waals surface area contributed by atoms with Crippen molar-refractivity contribution in [3.05, 3.63) is 36.0 Å². The number of benzene rings is 1. The summed E-state index contributed by atoms with van der Waals surface area (Å²) < 4.78 is 0. The smallest absolute Gasteiger partial charge is 0.240 e. The van der Waals surface area contributed by atoms with E-state index in [0.29, 0.717) is 24.2 Å². The fraction of sp³-hybridized carbons (Fsp3) is 0.545. The highest BCUT2D eigenvalue weighted by molar-refractivity contribution is 5.91. The maximum Gasteiger partial charge on any atom is 0.240 e. The number of carbonyl (C=O) groups excluding carboxylic acids is 2. The summed E-state index contributed by atoms with van der Waals surface area (Å²) in [6.45, 7) is 0. The number of primary amides is 1. The molecule has 0 saturated heterocycles. The van der Waals surface area contributed by atoms with E-state index >= 15 is 0 Å². The minimum Gasteiger partial charge on any atom is -0.368 e. The number of para-hydroxylation sites is 1. The van der Waals surface area contributed by atoms with Crippen molar-refractivity contribution in [2.75, 3.05) is 0 Å². The number of hydrogen-bond donors (Lipinski definition) is 3. The normalized spacial score (nSPS) is 32.5. The largest absolute Gasteiger partial charge is 0.368 e. The molecule has 1 atom stereocenters. The Labute approximate surface area is 159 Å². The van der Waals surface area contributed by atoms with Crippen LogP contribution in [0.3, 0.4) is 0 Å². The lowest BCUT2D eigenvalue weighted by atomic mass is 9.49. The SMILES string of the molecule is NC(=O)[C@H](Cc1c[nH]c2ccccc12)NC(=O)C12CC3CC(CC(C3)C1)C2. The van der Waals surface area contributed by atoms with Gasteiger partial charge in [0, 0.05) is 28.9 Å². The molecule has 4 saturated carbocycles. The molecule has 4 aliphatic carbocycles. The Morgan fingerprint density at radius 2 is 1.74 bits per heavy atom. The molecule has 0 radical (unpaired) electrons. The van der Waals surface area contributed by atoms with Gasteiger partial charge in [0.2, 0.25) is 11.8 Å². The van der Waals surface area contributed by atoms with Crippen LogP contribution in [0.4, 0.5) is 0 Å². The quantitative estimate of drug-likeness (QED) is 0.761. The van der Waals surface area contributed by atoms with Crippen molar-refractivity contribution in [1.29, 1.82) is 0 Å². The van der Waals surface area contributed by atoms with E-state index in [1.165, 1.54) is 19.3 Å². The van der Waals surface area contributed by atoms with Crippen LogP contribution in [0.5, 0.6) is 0 Å². The molecule has 4 aliphatic rings. The Morgan fingerprint density at radius 1 is 1.11 bits per heavy atom. The zero-order chi connectivity index (χ0) is 18.6. The summed E-state index contributed by atoms with van der Waals surface area (Å²) in [4.78, 5) is 28.6. The van der Waals surface area contributed by atoms with Crippen LogP contribution >= 0.6 is 0 Å². The summed E-state index contributed by atoms with van der Waals surface area (Å²) in [5.41, 5.74) is 7.46. The molecule has 4 fully saturated rings. The maximum absolute atomic E-state index is 13.3. The van der Waals surface area contributed by atoms with Crippen molar-refractivity contribution in [1.82, 2.24) is 10.3 Å². The molecule has 2 amide bonds. The Bertz CT molecular complexity index is 865. The van der Waals surface area contributed by atoms with Gasteiger partial charge in [-0.1, -0.05) is 18.2 Å². The van der Waals surface area contributed by atoms with E-state index in [0.717, 1.165) is 35.7 Å². The molecular formula is C22H27N3O2. The summed E-state index contributed by atoms with van der Waals surface area (Å²) in [7, 11) is 0. The molecule has 2 aromatic rings. The van der Waals surface area contributed by atoms with E-state index in [2.05, 4.69) is 10.3 Å². The Kier molecular flexibility index (Phi) is 3.81. The first-order valence-electron chi connectivity index (χ1n) is 10.2. The zero-order valence-corrected chi connectivity index (χ0v) is 15.5. The minimum atomic E-state index is -0.662. The van der Waals surface area contributed by atoms with Crippen LogP contribution in [0.1, 0.15) is 44.1 Å². The van der Waals surface area contributed by atoms with Gasteiger partial charge in [0.25, 0.3) is 0 Å². The lowest BCUT2D eigenvalue weighted by molar-refractivity contribution is -0.148. The number of nitrogens with one attached hydrogen (secondary N) is 2. The van der Waals surface area contributed by atoms with Gasteiger partial charge in [-0.2, -0.15) is 0 Å². The first-order valence-corrected chi connectivity index (χ1v) is 10.2. The molecule has 1 aromatic carbocycles. The van der Waals surface area contributed by atoms with E-state index in [1.54, 1.807) is 0 Å². The molecule has 0 aliphatic heterocycles. The van der Waals surface area contributed by atoms with E-state index < -0.39 is 11.9 Å². The van der Waals surface area contributed by atoms with Crippen molar-refractivity contribution in [2.45, 2.75) is 51.0 Å². The lowest BCUT2D eigenvalue weighted by Gasteiger charge is -2.55. The third-order valence-corrected chi connectivity index (χ3v) is 7.27.